The molecular weight excluding hydrogens is 482 g/mol. The van der Waals surface area contributed by atoms with E-state index in [1.807, 2.05) is 20.0 Å². The molecule has 7 nitrogen and oxygen atoms in total. The molecule has 0 aliphatic carbocycles. The van der Waals surface area contributed by atoms with Crippen molar-refractivity contribution in [2.45, 2.75) is 115 Å². The molecule has 0 bridgehead atoms. The van der Waals surface area contributed by atoms with E-state index in [1.165, 1.54) is 7.11 Å². The summed E-state index contributed by atoms with van der Waals surface area (Å²) in [5.41, 5.74) is 0. The van der Waals surface area contributed by atoms with Gasteiger partial charge in [0, 0.05) is 25.8 Å². The molecule has 0 heterocycles. The summed E-state index contributed by atoms with van der Waals surface area (Å²) in [6.07, 6.45) is 14.8. The number of hydrogen-bond acceptors (Lipinski definition) is 7. The molecule has 0 N–H and O–H groups in total. The summed E-state index contributed by atoms with van der Waals surface area (Å²) in [7, 11) is 3.39. The molecule has 0 aliphatic heterocycles. The third-order valence-corrected chi connectivity index (χ3v) is 6.49. The molecule has 0 spiro atoms. The van der Waals surface area contributed by atoms with E-state index in [2.05, 4.69) is 22.6 Å². The standard InChI is InChI=1S/C28H50ClNO6/c1-5-7-13-18-25(24(29)17-14-11-9-8-10-12-15-19-26(31)34-4)36-28(33)21-16-20-27(32)35-23-22-30(3)6-2/h14,17,24-25H,5-13,15-16,18-23H2,1-4H3. The molecule has 0 aromatic carbocycles. The van der Waals surface area contributed by atoms with Crippen LogP contribution in [-0.2, 0) is 28.6 Å². The summed E-state index contributed by atoms with van der Waals surface area (Å²) in [5, 5.41) is -0.369. The number of halogens is 1. The number of carbonyl (C=O) groups excluding carboxylic acids is 3. The summed E-state index contributed by atoms with van der Waals surface area (Å²) < 4.78 is 15.6. The van der Waals surface area contributed by atoms with Crippen LogP contribution in [0, 0.1) is 0 Å². The van der Waals surface area contributed by atoms with Crippen molar-refractivity contribution in [3.63, 3.8) is 0 Å². The van der Waals surface area contributed by atoms with Crippen LogP contribution in [0.25, 0.3) is 0 Å². The highest BCUT2D eigenvalue weighted by Gasteiger charge is 2.21. The maximum absolute atomic E-state index is 12.4. The third kappa shape index (κ3) is 20.6. The van der Waals surface area contributed by atoms with Crippen LogP contribution in [0.1, 0.15) is 104 Å². The van der Waals surface area contributed by atoms with Crippen LogP contribution in [0.4, 0.5) is 0 Å². The third-order valence-electron chi connectivity index (χ3n) is 6.07. The first-order valence-electron chi connectivity index (χ1n) is 13.7. The summed E-state index contributed by atoms with van der Waals surface area (Å²) in [6, 6.07) is 0. The van der Waals surface area contributed by atoms with Crippen molar-refractivity contribution in [3.8, 4) is 0 Å². The summed E-state index contributed by atoms with van der Waals surface area (Å²) in [4.78, 5) is 37.4. The molecule has 2 atom stereocenters. The second-order valence-corrected chi connectivity index (χ2v) is 9.75. The topological polar surface area (TPSA) is 82.1 Å². The van der Waals surface area contributed by atoms with Crippen LogP contribution < -0.4 is 0 Å². The molecule has 0 saturated heterocycles. The zero-order chi connectivity index (χ0) is 27.0. The minimum Gasteiger partial charge on any atom is -0.469 e. The molecule has 8 heteroatoms. The van der Waals surface area contributed by atoms with Gasteiger partial charge in [0.05, 0.1) is 12.5 Å². The molecule has 0 saturated carbocycles. The lowest BCUT2D eigenvalue weighted by Gasteiger charge is -2.21. The van der Waals surface area contributed by atoms with Gasteiger partial charge in [-0.3, -0.25) is 14.4 Å². The fraction of sp³-hybridized carbons (Fsp3) is 0.821. The van der Waals surface area contributed by atoms with E-state index < -0.39 is 0 Å². The zero-order valence-corrected chi connectivity index (χ0v) is 23.9. The average molecular weight is 532 g/mol. The van der Waals surface area contributed by atoms with Gasteiger partial charge >= 0.3 is 17.9 Å². The molecule has 36 heavy (non-hydrogen) atoms. The Morgan fingerprint density at radius 2 is 1.53 bits per heavy atom. The van der Waals surface area contributed by atoms with Gasteiger partial charge in [0.25, 0.3) is 0 Å². The highest BCUT2D eigenvalue weighted by Crippen LogP contribution is 2.19. The lowest BCUT2D eigenvalue weighted by molar-refractivity contribution is -0.149. The lowest BCUT2D eigenvalue weighted by Crippen LogP contribution is -2.27. The molecular formula is C28H50ClNO6. The summed E-state index contributed by atoms with van der Waals surface area (Å²) in [6.45, 7) is 6.14. The SMILES string of the molecule is CCCCCC(OC(=O)CCCC(=O)OCCN(C)CC)C(Cl)C=CCCCCCCCC(=O)OC. The lowest BCUT2D eigenvalue weighted by atomic mass is 10.1. The van der Waals surface area contributed by atoms with Crippen LogP contribution in [0.3, 0.4) is 0 Å². The number of esters is 3. The number of unbranched alkanes of at least 4 members (excludes halogenated alkanes) is 7. The van der Waals surface area contributed by atoms with Crippen molar-refractivity contribution >= 4 is 29.5 Å². The quantitative estimate of drug-likeness (QED) is 0.0509. The van der Waals surface area contributed by atoms with Crippen LogP contribution >= 0.6 is 11.6 Å². The molecule has 2 unspecified atom stereocenters. The molecule has 210 valence electrons. The minimum absolute atomic E-state index is 0.145. The smallest absolute Gasteiger partial charge is 0.306 e. The molecule has 0 aromatic rings. The molecule has 0 rings (SSSR count). The number of alkyl halides is 1. The van der Waals surface area contributed by atoms with Gasteiger partial charge in [-0.15, -0.1) is 11.6 Å². The number of carbonyl (C=O) groups is 3. The Labute approximate surface area is 224 Å². The van der Waals surface area contributed by atoms with Crippen LogP contribution in [0.2, 0.25) is 0 Å². The van der Waals surface area contributed by atoms with Crippen molar-refractivity contribution in [2.24, 2.45) is 0 Å². The van der Waals surface area contributed by atoms with Gasteiger partial charge in [-0.05, 0) is 52.1 Å². The first-order chi connectivity index (χ1) is 17.3. The number of methoxy groups -OCH3 is 1. The Morgan fingerprint density at radius 3 is 2.22 bits per heavy atom. The maximum Gasteiger partial charge on any atom is 0.306 e. The Bertz CT molecular complexity index is 613. The highest BCUT2D eigenvalue weighted by molar-refractivity contribution is 6.22. The number of hydrogen-bond donors (Lipinski definition) is 0. The number of likely N-dealkylation sites (N-methyl/N-ethyl adjacent to an activating group) is 1. The van der Waals surface area contributed by atoms with Crippen LogP contribution in [0.5, 0.6) is 0 Å². The molecule has 0 aromatic heterocycles. The zero-order valence-electron chi connectivity index (χ0n) is 23.1. The Balaban J connectivity index is 4.26. The maximum atomic E-state index is 12.4. The number of rotatable bonds is 23. The van der Waals surface area contributed by atoms with E-state index in [0.29, 0.717) is 26.0 Å². The molecule has 0 aliphatic rings. The monoisotopic (exact) mass is 531 g/mol. The van der Waals surface area contributed by atoms with Gasteiger partial charge in [0.1, 0.15) is 12.7 Å². The summed E-state index contributed by atoms with van der Waals surface area (Å²) in [5.74, 6) is -0.747. The second-order valence-electron chi connectivity index (χ2n) is 9.25. The predicted octanol–water partition coefficient (Wildman–Crippen LogP) is 6.21. The molecule has 0 amide bonds. The van der Waals surface area contributed by atoms with E-state index in [9.17, 15) is 14.4 Å². The van der Waals surface area contributed by atoms with Gasteiger partial charge in [0.2, 0.25) is 0 Å². The van der Waals surface area contributed by atoms with E-state index in [4.69, 9.17) is 21.1 Å². The van der Waals surface area contributed by atoms with Gasteiger partial charge in [0.15, 0.2) is 0 Å². The first-order valence-corrected chi connectivity index (χ1v) is 14.2. The van der Waals surface area contributed by atoms with E-state index >= 15 is 0 Å². The fourth-order valence-corrected chi connectivity index (χ4v) is 3.82. The molecule has 0 radical (unpaired) electrons. The van der Waals surface area contributed by atoms with Crippen molar-refractivity contribution < 1.29 is 28.6 Å². The predicted molar refractivity (Wildman–Crippen MR) is 145 cm³/mol. The number of allylic oxidation sites excluding steroid dienone is 1. The first kappa shape index (κ1) is 34.4. The van der Waals surface area contributed by atoms with E-state index in [-0.39, 0.29) is 42.2 Å². The van der Waals surface area contributed by atoms with Crippen molar-refractivity contribution in [3.05, 3.63) is 12.2 Å². The largest absolute Gasteiger partial charge is 0.469 e. The Hall–Kier alpha value is -1.60. The van der Waals surface area contributed by atoms with E-state index in [1.54, 1.807) is 0 Å². The van der Waals surface area contributed by atoms with Gasteiger partial charge in [-0.25, -0.2) is 0 Å². The second kappa shape index (κ2) is 23.8. The highest BCUT2D eigenvalue weighted by atomic mass is 35.5. The number of nitrogens with zero attached hydrogens (tertiary/aromatic N) is 1. The Morgan fingerprint density at radius 1 is 0.861 bits per heavy atom. The molecule has 0 fully saturated rings. The van der Waals surface area contributed by atoms with Gasteiger partial charge in [-0.1, -0.05) is 58.1 Å². The number of ether oxygens (including phenoxy) is 3. The Kier molecular flexibility index (Phi) is 22.7. The normalized spacial score (nSPS) is 13.1. The minimum atomic E-state index is -0.369. The van der Waals surface area contributed by atoms with Crippen molar-refractivity contribution in [2.75, 3.05) is 33.9 Å². The van der Waals surface area contributed by atoms with Gasteiger partial charge in [-0.2, -0.15) is 0 Å². The van der Waals surface area contributed by atoms with Crippen LogP contribution in [0.15, 0.2) is 12.2 Å². The summed E-state index contributed by atoms with van der Waals surface area (Å²) >= 11 is 6.59. The van der Waals surface area contributed by atoms with Crippen molar-refractivity contribution in [1.82, 2.24) is 4.90 Å². The van der Waals surface area contributed by atoms with Crippen LogP contribution in [-0.4, -0.2) is 68.1 Å². The van der Waals surface area contributed by atoms with E-state index in [0.717, 1.165) is 70.8 Å². The fourth-order valence-electron chi connectivity index (χ4n) is 3.54. The van der Waals surface area contributed by atoms with Crippen molar-refractivity contribution in [1.29, 1.82) is 0 Å². The average Bonchev–Trinajstić information content (AvgIpc) is 2.86. The van der Waals surface area contributed by atoms with Gasteiger partial charge < -0.3 is 19.1 Å².